The summed E-state index contributed by atoms with van der Waals surface area (Å²) in [6.07, 6.45) is 3.71. The molecule has 0 atom stereocenters. The minimum absolute atomic E-state index is 0.707. The molecule has 1 aromatic rings. The molecule has 1 aromatic carbocycles. The molecule has 1 fully saturated rings. The maximum Gasteiger partial charge on any atom is 0.170 e. The van der Waals surface area contributed by atoms with Gasteiger partial charge in [0.05, 0.1) is 20.6 Å². The van der Waals surface area contributed by atoms with Crippen LogP contribution in [-0.4, -0.2) is 45.4 Å². The molecule has 0 saturated carbocycles. The van der Waals surface area contributed by atoms with Crippen LogP contribution in [0.4, 0.5) is 11.4 Å². The largest absolute Gasteiger partial charge is 0.372 e. The smallest absolute Gasteiger partial charge is 0.170 e. The highest BCUT2D eigenvalue weighted by Crippen LogP contribution is 2.24. The number of anilines is 2. The predicted molar refractivity (Wildman–Crippen MR) is 104 cm³/mol. The summed E-state index contributed by atoms with van der Waals surface area (Å²) in [7, 11) is 4.34. The molecule has 2 rings (SSSR count). The molecule has 3 N–H and O–H groups in total. The number of nitrogens with one attached hydrogen (secondary N) is 3. The maximum atomic E-state index is 5.35. The van der Waals surface area contributed by atoms with Gasteiger partial charge in [-0.05, 0) is 55.2 Å². The van der Waals surface area contributed by atoms with Crippen molar-refractivity contribution in [2.75, 3.05) is 50.5 Å². The molecule has 1 aliphatic heterocycles. The van der Waals surface area contributed by atoms with Gasteiger partial charge in [0.1, 0.15) is 0 Å². The minimum atomic E-state index is 0.707. The van der Waals surface area contributed by atoms with E-state index in [9.17, 15) is 0 Å². The zero-order chi connectivity index (χ0) is 16.7. The van der Waals surface area contributed by atoms with Crippen LogP contribution in [0.5, 0.6) is 0 Å². The van der Waals surface area contributed by atoms with E-state index in [-0.39, 0.29) is 0 Å². The van der Waals surface area contributed by atoms with E-state index in [1.807, 2.05) is 0 Å². The predicted octanol–water partition coefficient (Wildman–Crippen LogP) is 1.74. The van der Waals surface area contributed by atoms with Gasteiger partial charge in [-0.25, -0.2) is 0 Å². The van der Waals surface area contributed by atoms with Crippen molar-refractivity contribution in [3.63, 3.8) is 0 Å². The summed E-state index contributed by atoms with van der Waals surface area (Å²) in [5.41, 5.74) is 2.37. The molecule has 0 bridgehead atoms. The quantitative estimate of drug-likeness (QED) is 0.546. The highest BCUT2D eigenvalue weighted by Gasteiger charge is 2.15. The minimum Gasteiger partial charge on any atom is -0.372 e. The Morgan fingerprint density at radius 1 is 1.22 bits per heavy atom. The molecule has 0 amide bonds. The lowest BCUT2D eigenvalue weighted by Gasteiger charge is -2.32. The summed E-state index contributed by atoms with van der Waals surface area (Å²) in [5.74, 6) is 0.865. The summed E-state index contributed by atoms with van der Waals surface area (Å²) in [4.78, 5) is 3.94. The molecule has 5 heteroatoms. The fourth-order valence-electron chi connectivity index (χ4n) is 2.84. The number of nitrogens with zero attached hydrogens (tertiary/aromatic N) is 1. The molecular formula is C18H31N4S+. The average Bonchev–Trinajstić information content (AvgIpc) is 2.53. The summed E-state index contributed by atoms with van der Waals surface area (Å²) < 4.78 is 0. The van der Waals surface area contributed by atoms with E-state index in [2.05, 4.69) is 60.8 Å². The second kappa shape index (κ2) is 9.08. The number of thiocarbonyl (C=S) groups is 1. The van der Waals surface area contributed by atoms with Gasteiger partial charge in [-0.15, -0.1) is 0 Å². The van der Waals surface area contributed by atoms with Crippen LogP contribution in [0, 0.1) is 5.92 Å². The van der Waals surface area contributed by atoms with Gasteiger partial charge in [-0.2, -0.15) is 0 Å². The molecule has 0 radical (unpaired) electrons. The lowest BCUT2D eigenvalue weighted by Crippen LogP contribution is -3.05. The third-order valence-electron chi connectivity index (χ3n) is 4.41. The van der Waals surface area contributed by atoms with E-state index < -0.39 is 0 Å². The monoisotopic (exact) mass is 335 g/mol. The summed E-state index contributed by atoms with van der Waals surface area (Å²) in [6.45, 7) is 6.75. The van der Waals surface area contributed by atoms with Crippen molar-refractivity contribution >= 4 is 28.7 Å². The first-order valence-electron chi connectivity index (χ1n) is 8.73. The average molecular weight is 336 g/mol. The van der Waals surface area contributed by atoms with E-state index in [1.54, 1.807) is 0 Å². The van der Waals surface area contributed by atoms with Crippen molar-refractivity contribution in [3.05, 3.63) is 24.3 Å². The second-order valence-electron chi connectivity index (χ2n) is 6.91. The zero-order valence-electron chi connectivity index (χ0n) is 14.7. The summed E-state index contributed by atoms with van der Waals surface area (Å²) in [5, 5.41) is 7.23. The van der Waals surface area contributed by atoms with E-state index in [0.717, 1.165) is 31.1 Å². The van der Waals surface area contributed by atoms with Crippen molar-refractivity contribution in [2.24, 2.45) is 5.92 Å². The molecule has 4 nitrogen and oxygen atoms in total. The van der Waals surface area contributed by atoms with Gasteiger partial charge in [0, 0.05) is 37.4 Å². The van der Waals surface area contributed by atoms with Gasteiger partial charge in [0.15, 0.2) is 5.11 Å². The Balaban J connectivity index is 1.75. The Morgan fingerprint density at radius 3 is 2.48 bits per heavy atom. The van der Waals surface area contributed by atoms with Crippen molar-refractivity contribution in [1.82, 2.24) is 5.32 Å². The topological polar surface area (TPSA) is 31.7 Å². The fourth-order valence-corrected chi connectivity index (χ4v) is 3.06. The van der Waals surface area contributed by atoms with Crippen LogP contribution in [0.15, 0.2) is 24.3 Å². The number of rotatable bonds is 6. The molecule has 0 aromatic heterocycles. The molecule has 0 aliphatic carbocycles. The van der Waals surface area contributed by atoms with Gasteiger partial charge in [0.25, 0.3) is 0 Å². The van der Waals surface area contributed by atoms with Crippen LogP contribution in [0.2, 0.25) is 0 Å². The first-order valence-corrected chi connectivity index (χ1v) is 9.14. The Kier molecular flexibility index (Phi) is 7.12. The summed E-state index contributed by atoms with van der Waals surface area (Å²) >= 11 is 5.35. The van der Waals surface area contributed by atoms with E-state index in [4.69, 9.17) is 12.2 Å². The molecule has 1 saturated heterocycles. The van der Waals surface area contributed by atoms with Crippen molar-refractivity contribution in [1.29, 1.82) is 0 Å². The van der Waals surface area contributed by atoms with Gasteiger partial charge in [0.2, 0.25) is 0 Å². The molecule has 1 heterocycles. The molecule has 0 spiro atoms. The Hall–Kier alpha value is -1.33. The normalized spacial score (nSPS) is 15.7. The SMILES string of the molecule is CC1CCN(c2ccc(NC(=S)NCCC[NH+](C)C)cc2)CC1. The first-order chi connectivity index (χ1) is 11.0. The van der Waals surface area contributed by atoms with Crippen LogP contribution >= 0.6 is 12.2 Å². The fraction of sp³-hybridized carbons (Fsp3) is 0.611. The van der Waals surface area contributed by atoms with Crippen molar-refractivity contribution < 1.29 is 4.90 Å². The zero-order valence-corrected chi connectivity index (χ0v) is 15.5. The standard InChI is InChI=1S/C18H30N4S/c1-15-9-13-22(14-10-15)17-7-5-16(6-8-17)20-18(23)19-11-4-12-21(2)3/h5-8,15H,4,9-14H2,1-3H3,(H2,19,20,23)/p+1. The van der Waals surface area contributed by atoms with Crippen LogP contribution in [-0.2, 0) is 0 Å². The van der Waals surface area contributed by atoms with Gasteiger partial charge in [-0.3, -0.25) is 0 Å². The van der Waals surface area contributed by atoms with Gasteiger partial charge >= 0.3 is 0 Å². The van der Waals surface area contributed by atoms with Crippen molar-refractivity contribution in [3.8, 4) is 0 Å². The molecule has 1 aliphatic rings. The molecule has 128 valence electrons. The first kappa shape index (κ1) is 18.0. The number of benzene rings is 1. The molecule has 0 unspecified atom stereocenters. The van der Waals surface area contributed by atoms with Gasteiger partial charge < -0.3 is 20.4 Å². The highest BCUT2D eigenvalue weighted by molar-refractivity contribution is 7.80. The van der Waals surface area contributed by atoms with E-state index in [1.165, 1.54) is 36.5 Å². The number of hydrogen-bond donors (Lipinski definition) is 3. The van der Waals surface area contributed by atoms with Crippen molar-refractivity contribution in [2.45, 2.75) is 26.2 Å². The third kappa shape index (κ3) is 6.36. The Bertz CT molecular complexity index is 478. The second-order valence-corrected chi connectivity index (χ2v) is 7.32. The highest BCUT2D eigenvalue weighted by atomic mass is 32.1. The molecular weight excluding hydrogens is 304 g/mol. The lowest BCUT2D eigenvalue weighted by atomic mass is 9.99. The maximum absolute atomic E-state index is 5.35. The van der Waals surface area contributed by atoms with Crippen LogP contribution in [0.25, 0.3) is 0 Å². The van der Waals surface area contributed by atoms with Crippen LogP contribution < -0.4 is 20.4 Å². The van der Waals surface area contributed by atoms with E-state index >= 15 is 0 Å². The lowest BCUT2D eigenvalue weighted by molar-refractivity contribution is -0.858. The van der Waals surface area contributed by atoms with Crippen LogP contribution in [0.3, 0.4) is 0 Å². The third-order valence-corrected chi connectivity index (χ3v) is 4.66. The Labute approximate surface area is 146 Å². The number of quaternary nitrogens is 1. The van der Waals surface area contributed by atoms with Gasteiger partial charge in [-0.1, -0.05) is 6.92 Å². The number of hydrogen-bond acceptors (Lipinski definition) is 2. The van der Waals surface area contributed by atoms with Crippen LogP contribution in [0.1, 0.15) is 26.2 Å². The molecule has 23 heavy (non-hydrogen) atoms. The number of piperidine rings is 1. The van der Waals surface area contributed by atoms with E-state index in [0.29, 0.717) is 5.11 Å². The Morgan fingerprint density at radius 2 is 1.87 bits per heavy atom. The summed E-state index contributed by atoms with van der Waals surface area (Å²) in [6, 6.07) is 8.61.